The molecule has 1 atom stereocenters. The average Bonchev–Trinajstić information content (AvgIpc) is 2.08. The summed E-state index contributed by atoms with van der Waals surface area (Å²) in [4.78, 5) is 13.9. The molecule has 1 saturated heterocycles. The molecule has 1 rings (SSSR count). The van der Waals surface area contributed by atoms with Crippen LogP contribution in [0.1, 0.15) is 46.5 Å². The Labute approximate surface area is 81.3 Å². The topological polar surface area (TPSA) is 20.3 Å². The van der Waals surface area contributed by atoms with Crippen LogP contribution in [0.2, 0.25) is 0 Å². The third-order valence-electron chi connectivity index (χ3n) is 2.84. The molecule has 0 radical (unpaired) electrons. The number of hydrogen-bond acceptors (Lipinski definition) is 1. The van der Waals surface area contributed by atoms with Crippen molar-refractivity contribution in [2.75, 3.05) is 6.54 Å². The molecule has 0 saturated carbocycles. The third-order valence-corrected chi connectivity index (χ3v) is 2.84. The molecular weight excluding hydrogens is 162 g/mol. The summed E-state index contributed by atoms with van der Waals surface area (Å²) in [7, 11) is 0. The van der Waals surface area contributed by atoms with Gasteiger partial charge in [0.2, 0.25) is 5.91 Å². The van der Waals surface area contributed by atoms with Crippen molar-refractivity contribution in [3.63, 3.8) is 0 Å². The number of hydrogen-bond donors (Lipinski definition) is 0. The van der Waals surface area contributed by atoms with Gasteiger partial charge in [0, 0.05) is 18.5 Å². The molecule has 76 valence electrons. The molecule has 0 spiro atoms. The van der Waals surface area contributed by atoms with Crippen LogP contribution in [0.4, 0.5) is 0 Å². The molecule has 13 heavy (non-hydrogen) atoms. The molecule has 0 aromatic heterocycles. The highest BCUT2D eigenvalue weighted by molar-refractivity contribution is 5.79. The number of rotatable bonds is 3. The summed E-state index contributed by atoms with van der Waals surface area (Å²) in [6.07, 6.45) is 4.49. The first-order valence-electron chi connectivity index (χ1n) is 5.47. The van der Waals surface area contributed by atoms with E-state index in [1.54, 1.807) is 0 Å². The molecule has 0 bridgehead atoms. The molecular formula is C11H21NO. The van der Waals surface area contributed by atoms with Crippen LogP contribution < -0.4 is 0 Å². The highest BCUT2D eigenvalue weighted by atomic mass is 16.2. The molecule has 1 heterocycles. The monoisotopic (exact) mass is 183 g/mol. The van der Waals surface area contributed by atoms with E-state index >= 15 is 0 Å². The van der Waals surface area contributed by atoms with E-state index in [9.17, 15) is 4.79 Å². The second-order valence-electron chi connectivity index (χ2n) is 4.25. The Morgan fingerprint density at radius 1 is 1.54 bits per heavy atom. The van der Waals surface area contributed by atoms with Gasteiger partial charge in [-0.25, -0.2) is 0 Å². The van der Waals surface area contributed by atoms with E-state index in [0.717, 1.165) is 25.8 Å². The number of carbonyl (C=O) groups is 1. The van der Waals surface area contributed by atoms with E-state index in [2.05, 4.69) is 20.8 Å². The van der Waals surface area contributed by atoms with Crippen LogP contribution >= 0.6 is 0 Å². The maximum Gasteiger partial charge on any atom is 0.225 e. The summed E-state index contributed by atoms with van der Waals surface area (Å²) in [5, 5.41) is 0. The minimum atomic E-state index is 0.321. The highest BCUT2D eigenvalue weighted by Gasteiger charge is 2.28. The van der Waals surface area contributed by atoms with Gasteiger partial charge in [-0.3, -0.25) is 4.79 Å². The minimum absolute atomic E-state index is 0.321. The van der Waals surface area contributed by atoms with Crippen LogP contribution in [-0.2, 0) is 4.79 Å². The van der Waals surface area contributed by atoms with Crippen LogP contribution in [0.5, 0.6) is 0 Å². The number of piperidine rings is 1. The van der Waals surface area contributed by atoms with Crippen molar-refractivity contribution in [3.05, 3.63) is 0 Å². The largest absolute Gasteiger partial charge is 0.340 e. The summed E-state index contributed by atoms with van der Waals surface area (Å²) in [5.41, 5.74) is 0. The Morgan fingerprint density at radius 2 is 2.23 bits per heavy atom. The zero-order valence-electron chi connectivity index (χ0n) is 9.05. The van der Waals surface area contributed by atoms with Gasteiger partial charge in [0.05, 0.1) is 0 Å². The Bertz CT molecular complexity index is 175. The second-order valence-corrected chi connectivity index (χ2v) is 4.25. The zero-order chi connectivity index (χ0) is 9.84. The SMILES string of the molecule is CCCC1CCCN(C(C)C)C1=O. The fourth-order valence-electron chi connectivity index (χ4n) is 2.11. The second kappa shape index (κ2) is 4.64. The van der Waals surface area contributed by atoms with Gasteiger partial charge in [-0.15, -0.1) is 0 Å². The normalized spacial score (nSPS) is 24.2. The van der Waals surface area contributed by atoms with Crippen LogP contribution in [0.25, 0.3) is 0 Å². The van der Waals surface area contributed by atoms with Crippen molar-refractivity contribution >= 4 is 5.91 Å². The molecule has 1 amide bonds. The maximum absolute atomic E-state index is 11.9. The van der Waals surface area contributed by atoms with E-state index in [4.69, 9.17) is 0 Å². The van der Waals surface area contributed by atoms with Crippen LogP contribution in [0, 0.1) is 5.92 Å². The van der Waals surface area contributed by atoms with Gasteiger partial charge in [0.1, 0.15) is 0 Å². The highest BCUT2D eigenvalue weighted by Crippen LogP contribution is 2.23. The van der Waals surface area contributed by atoms with Gasteiger partial charge >= 0.3 is 0 Å². The van der Waals surface area contributed by atoms with E-state index < -0.39 is 0 Å². The Kier molecular flexibility index (Phi) is 3.76. The van der Waals surface area contributed by atoms with Crippen molar-refractivity contribution in [2.45, 2.75) is 52.5 Å². The van der Waals surface area contributed by atoms with Gasteiger partial charge in [0.15, 0.2) is 0 Å². The van der Waals surface area contributed by atoms with Crippen molar-refractivity contribution < 1.29 is 4.79 Å². The average molecular weight is 183 g/mol. The van der Waals surface area contributed by atoms with E-state index in [0.29, 0.717) is 17.9 Å². The van der Waals surface area contributed by atoms with Gasteiger partial charge in [-0.05, 0) is 33.1 Å². The first kappa shape index (κ1) is 10.6. The summed E-state index contributed by atoms with van der Waals surface area (Å²) in [5.74, 6) is 0.712. The molecule has 0 N–H and O–H groups in total. The zero-order valence-corrected chi connectivity index (χ0v) is 9.05. The Hall–Kier alpha value is -0.530. The van der Waals surface area contributed by atoms with Crippen molar-refractivity contribution in [1.29, 1.82) is 0 Å². The van der Waals surface area contributed by atoms with Crippen molar-refractivity contribution in [3.8, 4) is 0 Å². The molecule has 2 nitrogen and oxygen atoms in total. The fraction of sp³-hybridized carbons (Fsp3) is 0.909. The van der Waals surface area contributed by atoms with Gasteiger partial charge in [-0.1, -0.05) is 13.3 Å². The standard InChI is InChI=1S/C11H21NO/c1-4-6-10-7-5-8-12(9(2)3)11(10)13/h9-10H,4-8H2,1-3H3. The summed E-state index contributed by atoms with van der Waals surface area (Å²) < 4.78 is 0. The number of likely N-dealkylation sites (tertiary alicyclic amines) is 1. The summed E-state index contributed by atoms with van der Waals surface area (Å²) >= 11 is 0. The lowest BCUT2D eigenvalue weighted by Crippen LogP contribution is -2.44. The lowest BCUT2D eigenvalue weighted by molar-refractivity contribution is -0.140. The molecule has 0 aliphatic carbocycles. The van der Waals surface area contributed by atoms with Crippen LogP contribution in [-0.4, -0.2) is 23.4 Å². The van der Waals surface area contributed by atoms with Crippen molar-refractivity contribution in [2.24, 2.45) is 5.92 Å². The van der Waals surface area contributed by atoms with Gasteiger partial charge < -0.3 is 4.90 Å². The van der Waals surface area contributed by atoms with E-state index in [1.165, 1.54) is 6.42 Å². The lowest BCUT2D eigenvalue weighted by atomic mass is 9.92. The molecule has 1 unspecified atom stereocenters. The quantitative estimate of drug-likeness (QED) is 0.658. The third kappa shape index (κ3) is 2.45. The molecule has 1 fully saturated rings. The smallest absolute Gasteiger partial charge is 0.225 e. The van der Waals surface area contributed by atoms with E-state index in [-0.39, 0.29) is 0 Å². The first-order valence-corrected chi connectivity index (χ1v) is 5.47. The molecule has 0 aromatic carbocycles. The number of nitrogens with zero attached hydrogens (tertiary/aromatic N) is 1. The van der Waals surface area contributed by atoms with Gasteiger partial charge in [-0.2, -0.15) is 0 Å². The van der Waals surface area contributed by atoms with Crippen LogP contribution in [0.3, 0.4) is 0 Å². The molecule has 2 heteroatoms. The molecule has 1 aliphatic heterocycles. The summed E-state index contributed by atoms with van der Waals surface area (Å²) in [6, 6.07) is 0.382. The predicted molar refractivity (Wildman–Crippen MR) is 54.5 cm³/mol. The molecule has 0 aromatic rings. The van der Waals surface area contributed by atoms with E-state index in [1.807, 2.05) is 4.90 Å². The number of carbonyl (C=O) groups excluding carboxylic acids is 1. The Balaban J connectivity index is 2.55. The fourth-order valence-corrected chi connectivity index (χ4v) is 2.11. The lowest BCUT2D eigenvalue weighted by Gasteiger charge is -2.35. The predicted octanol–water partition coefficient (Wildman–Crippen LogP) is 2.43. The molecule has 1 aliphatic rings. The minimum Gasteiger partial charge on any atom is -0.340 e. The van der Waals surface area contributed by atoms with Crippen molar-refractivity contribution in [1.82, 2.24) is 4.90 Å². The maximum atomic E-state index is 11.9. The van der Waals surface area contributed by atoms with Crippen LogP contribution in [0.15, 0.2) is 0 Å². The summed E-state index contributed by atoms with van der Waals surface area (Å²) in [6.45, 7) is 7.33. The van der Waals surface area contributed by atoms with Gasteiger partial charge in [0.25, 0.3) is 0 Å². The Morgan fingerprint density at radius 3 is 2.77 bits per heavy atom. The number of amides is 1. The first-order chi connectivity index (χ1) is 6.16.